The Morgan fingerprint density at radius 3 is 2.06 bits per heavy atom. The van der Waals surface area contributed by atoms with Gasteiger partial charge in [-0.25, -0.2) is 9.59 Å². The quantitative estimate of drug-likeness (QED) is 0.376. The molecule has 2 aromatic rings. The van der Waals surface area contributed by atoms with Crippen molar-refractivity contribution in [2.45, 2.75) is 50.1 Å². The summed E-state index contributed by atoms with van der Waals surface area (Å²) in [5.74, 6) is -3.54. The molecule has 2 fully saturated rings. The van der Waals surface area contributed by atoms with E-state index in [2.05, 4.69) is 64.8 Å². The van der Waals surface area contributed by atoms with Gasteiger partial charge in [0.2, 0.25) is 0 Å². The van der Waals surface area contributed by atoms with E-state index in [0.29, 0.717) is 12.1 Å². The zero-order chi connectivity index (χ0) is 25.2. The summed E-state index contributed by atoms with van der Waals surface area (Å²) >= 11 is 0. The maximum atomic E-state index is 9.77. The highest BCUT2D eigenvalue weighted by atomic mass is 16.5. The number of carbonyl (C=O) groups is 2. The van der Waals surface area contributed by atoms with Crippen LogP contribution in [0.25, 0.3) is 11.1 Å². The van der Waals surface area contributed by atoms with Crippen molar-refractivity contribution in [2.24, 2.45) is 0 Å². The summed E-state index contributed by atoms with van der Waals surface area (Å²) in [5.41, 5.74) is 4.12. The lowest BCUT2D eigenvalue weighted by atomic mass is 9.97. The van der Waals surface area contributed by atoms with E-state index in [1.807, 2.05) is 0 Å². The van der Waals surface area contributed by atoms with E-state index in [1.54, 1.807) is 0 Å². The SMILES string of the molecule is O=C(O)C(O)C(O)C(=O)O.c1ccc(-c2ccccc2CN(C2CCOCC2)[C@H]2CCNC2)cc1. The van der Waals surface area contributed by atoms with Gasteiger partial charge in [0.15, 0.2) is 12.2 Å². The van der Waals surface area contributed by atoms with Crippen molar-refractivity contribution in [2.75, 3.05) is 26.3 Å². The minimum atomic E-state index is -2.27. The monoisotopic (exact) mass is 486 g/mol. The van der Waals surface area contributed by atoms with Gasteiger partial charge in [-0.1, -0.05) is 54.6 Å². The van der Waals surface area contributed by atoms with Gasteiger partial charge in [-0.2, -0.15) is 0 Å². The Morgan fingerprint density at radius 2 is 1.49 bits per heavy atom. The summed E-state index contributed by atoms with van der Waals surface area (Å²) in [7, 11) is 0. The largest absolute Gasteiger partial charge is 0.479 e. The number of carboxylic acid groups (broad SMARTS) is 2. The minimum Gasteiger partial charge on any atom is -0.479 e. The van der Waals surface area contributed by atoms with Crippen LogP contribution in [0.4, 0.5) is 0 Å². The summed E-state index contributed by atoms with van der Waals surface area (Å²) in [6.45, 7) is 5.10. The second kappa shape index (κ2) is 13.3. The number of rotatable bonds is 8. The van der Waals surface area contributed by atoms with Gasteiger partial charge in [-0.3, -0.25) is 4.90 Å². The molecule has 0 saturated carbocycles. The van der Waals surface area contributed by atoms with Gasteiger partial charge in [-0.15, -0.1) is 0 Å². The van der Waals surface area contributed by atoms with Crippen LogP contribution in [0.15, 0.2) is 54.6 Å². The summed E-state index contributed by atoms with van der Waals surface area (Å²) in [4.78, 5) is 22.3. The average Bonchev–Trinajstić information content (AvgIpc) is 3.42. The normalized spacial score (nSPS) is 20.0. The Labute approximate surface area is 205 Å². The molecule has 190 valence electrons. The number of nitrogens with one attached hydrogen (secondary N) is 1. The Bertz CT molecular complexity index is 926. The van der Waals surface area contributed by atoms with Gasteiger partial charge in [0, 0.05) is 38.4 Å². The smallest absolute Gasteiger partial charge is 0.335 e. The van der Waals surface area contributed by atoms with E-state index in [4.69, 9.17) is 25.2 Å². The number of aliphatic carboxylic acids is 2. The zero-order valence-electron chi connectivity index (χ0n) is 19.6. The van der Waals surface area contributed by atoms with Crippen LogP contribution < -0.4 is 5.32 Å². The fourth-order valence-electron chi connectivity index (χ4n) is 4.52. The van der Waals surface area contributed by atoms with Crippen LogP contribution in [0.2, 0.25) is 0 Å². The molecule has 2 saturated heterocycles. The molecule has 0 bridgehead atoms. The highest BCUT2D eigenvalue weighted by Gasteiger charge is 2.31. The third-order valence-electron chi connectivity index (χ3n) is 6.42. The summed E-state index contributed by atoms with van der Waals surface area (Å²) in [6, 6.07) is 21.0. The molecule has 2 aliphatic rings. The van der Waals surface area contributed by atoms with Crippen LogP contribution in [-0.2, 0) is 20.9 Å². The van der Waals surface area contributed by atoms with Gasteiger partial charge in [0.25, 0.3) is 0 Å². The lowest BCUT2D eigenvalue weighted by Gasteiger charge is -2.38. The third-order valence-corrected chi connectivity index (χ3v) is 6.42. The van der Waals surface area contributed by atoms with Crippen molar-refractivity contribution < 1.29 is 34.8 Å². The lowest BCUT2D eigenvalue weighted by molar-refractivity contribution is -0.165. The number of aliphatic hydroxyl groups is 2. The van der Waals surface area contributed by atoms with Crippen LogP contribution in [0.3, 0.4) is 0 Å². The zero-order valence-corrected chi connectivity index (χ0v) is 19.6. The molecule has 2 heterocycles. The van der Waals surface area contributed by atoms with Gasteiger partial charge in [-0.05, 0) is 42.5 Å². The second-order valence-electron chi connectivity index (χ2n) is 8.75. The maximum absolute atomic E-state index is 9.77. The van der Waals surface area contributed by atoms with Crippen LogP contribution in [0.5, 0.6) is 0 Å². The Balaban J connectivity index is 0.000000292. The number of carboxylic acids is 2. The molecule has 0 radical (unpaired) electrons. The van der Waals surface area contributed by atoms with Gasteiger partial charge in [0.05, 0.1) is 0 Å². The summed E-state index contributed by atoms with van der Waals surface area (Å²) < 4.78 is 5.61. The Morgan fingerprint density at radius 1 is 0.886 bits per heavy atom. The third kappa shape index (κ3) is 7.58. The van der Waals surface area contributed by atoms with Crippen molar-refractivity contribution in [1.82, 2.24) is 10.2 Å². The van der Waals surface area contributed by atoms with Crippen LogP contribution >= 0.6 is 0 Å². The van der Waals surface area contributed by atoms with Crippen LogP contribution in [-0.4, -0.2) is 87.9 Å². The Kier molecular flexibility index (Phi) is 10.2. The van der Waals surface area contributed by atoms with Crippen molar-refractivity contribution in [3.05, 3.63) is 60.2 Å². The molecule has 0 spiro atoms. The summed E-state index contributed by atoms with van der Waals surface area (Å²) in [5, 5.41) is 36.1. The molecular weight excluding hydrogens is 452 g/mol. The maximum Gasteiger partial charge on any atom is 0.335 e. The Hall–Kier alpha value is -2.82. The molecule has 2 aromatic carbocycles. The second-order valence-corrected chi connectivity index (χ2v) is 8.75. The molecule has 2 unspecified atom stereocenters. The number of hydrogen-bond donors (Lipinski definition) is 5. The van der Waals surface area contributed by atoms with Gasteiger partial charge < -0.3 is 30.5 Å². The molecule has 2 aliphatic heterocycles. The number of ether oxygens (including phenoxy) is 1. The van der Waals surface area contributed by atoms with Crippen molar-refractivity contribution in [1.29, 1.82) is 0 Å². The first-order chi connectivity index (χ1) is 16.9. The average molecular weight is 487 g/mol. The highest BCUT2D eigenvalue weighted by molar-refractivity contribution is 5.83. The van der Waals surface area contributed by atoms with Crippen LogP contribution in [0.1, 0.15) is 24.8 Å². The predicted molar refractivity (Wildman–Crippen MR) is 130 cm³/mol. The molecule has 3 atom stereocenters. The highest BCUT2D eigenvalue weighted by Crippen LogP contribution is 2.28. The van der Waals surface area contributed by atoms with E-state index in [9.17, 15) is 9.59 Å². The number of benzene rings is 2. The molecule has 5 N–H and O–H groups in total. The standard InChI is InChI=1S/C22H28N2O.C4H6O6/c1-2-6-18(7-3-1)22-9-5-4-8-19(22)17-24(21-10-13-23-16-21)20-11-14-25-15-12-20;5-1(3(7)8)2(6)4(9)10/h1-9,20-21,23H,10-17H2;1-2,5-6H,(H,7,8)(H,9,10)/t21-;/m0./s1. The van der Waals surface area contributed by atoms with Crippen molar-refractivity contribution in [3.8, 4) is 11.1 Å². The predicted octanol–water partition coefficient (Wildman–Crippen LogP) is 1.57. The lowest BCUT2D eigenvalue weighted by Crippen LogP contribution is -2.46. The molecule has 0 aliphatic carbocycles. The molecular formula is C26H34N2O7. The molecule has 0 aromatic heterocycles. The first-order valence-electron chi connectivity index (χ1n) is 11.9. The molecule has 9 nitrogen and oxygen atoms in total. The van der Waals surface area contributed by atoms with Gasteiger partial charge in [0.1, 0.15) is 0 Å². The number of aliphatic hydroxyl groups excluding tert-OH is 2. The minimum absolute atomic E-state index is 0.641. The van der Waals surface area contributed by atoms with Crippen LogP contribution in [0, 0.1) is 0 Å². The fraction of sp³-hybridized carbons (Fsp3) is 0.462. The number of nitrogens with zero attached hydrogens (tertiary/aromatic N) is 1. The van der Waals surface area contributed by atoms with E-state index >= 15 is 0 Å². The van der Waals surface area contributed by atoms with E-state index in [1.165, 1.54) is 23.1 Å². The summed E-state index contributed by atoms with van der Waals surface area (Å²) in [6.07, 6.45) is -0.964. The molecule has 9 heteroatoms. The van der Waals surface area contributed by atoms with Crippen molar-refractivity contribution in [3.63, 3.8) is 0 Å². The molecule has 0 amide bonds. The van der Waals surface area contributed by atoms with E-state index in [0.717, 1.165) is 45.7 Å². The first kappa shape index (κ1) is 26.8. The van der Waals surface area contributed by atoms with E-state index < -0.39 is 24.1 Å². The fourth-order valence-corrected chi connectivity index (χ4v) is 4.52. The van der Waals surface area contributed by atoms with E-state index in [-0.39, 0.29) is 0 Å². The van der Waals surface area contributed by atoms with Crippen molar-refractivity contribution >= 4 is 11.9 Å². The first-order valence-corrected chi connectivity index (χ1v) is 11.9. The number of hydrogen-bond acceptors (Lipinski definition) is 7. The molecule has 35 heavy (non-hydrogen) atoms. The topological polar surface area (TPSA) is 140 Å². The molecule has 4 rings (SSSR count). The van der Waals surface area contributed by atoms with Gasteiger partial charge >= 0.3 is 11.9 Å².